The van der Waals surface area contributed by atoms with Crippen molar-refractivity contribution in [3.63, 3.8) is 0 Å². The highest BCUT2D eigenvalue weighted by molar-refractivity contribution is 7.99. The minimum Gasteiger partial charge on any atom is -0.396 e. The molecule has 0 aliphatic carbocycles. The SMILES string of the molecule is CC(CO)CSc1cc(Cl)ccc1CNC(C)(C)C. The molecule has 0 spiro atoms. The number of nitrogens with one attached hydrogen (secondary N) is 1. The first kappa shape index (κ1) is 16.8. The maximum atomic E-state index is 9.09. The van der Waals surface area contributed by atoms with E-state index in [4.69, 9.17) is 16.7 Å². The maximum absolute atomic E-state index is 9.09. The van der Waals surface area contributed by atoms with Crippen molar-refractivity contribution in [3.05, 3.63) is 28.8 Å². The summed E-state index contributed by atoms with van der Waals surface area (Å²) in [6, 6.07) is 6.02. The normalized spacial score (nSPS) is 13.6. The summed E-state index contributed by atoms with van der Waals surface area (Å²) in [4.78, 5) is 1.20. The monoisotopic (exact) mass is 301 g/mol. The van der Waals surface area contributed by atoms with Crippen molar-refractivity contribution >= 4 is 23.4 Å². The van der Waals surface area contributed by atoms with Gasteiger partial charge in [-0.15, -0.1) is 11.8 Å². The first-order chi connectivity index (χ1) is 8.81. The lowest BCUT2D eigenvalue weighted by atomic mass is 10.1. The third-order valence-corrected chi connectivity index (χ3v) is 4.34. The average Bonchev–Trinajstić information content (AvgIpc) is 2.33. The molecular formula is C15H24ClNOS. The highest BCUT2D eigenvalue weighted by Gasteiger charge is 2.12. The van der Waals surface area contributed by atoms with Crippen LogP contribution in [-0.2, 0) is 6.54 Å². The molecule has 108 valence electrons. The first-order valence-corrected chi connectivity index (χ1v) is 7.95. The van der Waals surface area contributed by atoms with Gasteiger partial charge in [-0.1, -0.05) is 24.6 Å². The van der Waals surface area contributed by atoms with Gasteiger partial charge in [-0.3, -0.25) is 0 Å². The molecule has 0 fully saturated rings. The van der Waals surface area contributed by atoms with Gasteiger partial charge in [-0.2, -0.15) is 0 Å². The molecule has 0 bridgehead atoms. The van der Waals surface area contributed by atoms with Gasteiger partial charge in [-0.05, 0) is 44.4 Å². The number of halogens is 1. The van der Waals surface area contributed by atoms with E-state index in [2.05, 4.69) is 32.2 Å². The quantitative estimate of drug-likeness (QED) is 0.780. The Morgan fingerprint density at radius 3 is 2.63 bits per heavy atom. The largest absolute Gasteiger partial charge is 0.396 e. The zero-order chi connectivity index (χ0) is 14.5. The molecule has 4 heteroatoms. The Morgan fingerprint density at radius 2 is 2.05 bits per heavy atom. The average molecular weight is 302 g/mol. The molecule has 0 saturated carbocycles. The zero-order valence-electron chi connectivity index (χ0n) is 12.2. The van der Waals surface area contributed by atoms with Crippen molar-refractivity contribution in [2.75, 3.05) is 12.4 Å². The second-order valence-corrected chi connectivity index (χ2v) is 7.45. The van der Waals surface area contributed by atoms with Crippen molar-refractivity contribution < 1.29 is 5.11 Å². The summed E-state index contributed by atoms with van der Waals surface area (Å²) in [5.41, 5.74) is 1.36. The highest BCUT2D eigenvalue weighted by atomic mass is 35.5. The van der Waals surface area contributed by atoms with E-state index in [0.29, 0.717) is 5.92 Å². The number of hydrogen-bond acceptors (Lipinski definition) is 3. The number of benzene rings is 1. The topological polar surface area (TPSA) is 32.3 Å². The van der Waals surface area contributed by atoms with E-state index in [1.807, 2.05) is 19.1 Å². The second kappa shape index (κ2) is 7.53. The van der Waals surface area contributed by atoms with Gasteiger partial charge in [0.15, 0.2) is 0 Å². The van der Waals surface area contributed by atoms with Gasteiger partial charge in [0.25, 0.3) is 0 Å². The molecule has 1 unspecified atom stereocenters. The third-order valence-electron chi connectivity index (χ3n) is 2.67. The Hall–Kier alpha value is -0.220. The van der Waals surface area contributed by atoms with Crippen LogP contribution in [0.25, 0.3) is 0 Å². The van der Waals surface area contributed by atoms with Gasteiger partial charge in [0.1, 0.15) is 0 Å². The summed E-state index contributed by atoms with van der Waals surface area (Å²) in [6.45, 7) is 9.57. The van der Waals surface area contributed by atoms with Crippen LogP contribution in [0.1, 0.15) is 33.3 Å². The van der Waals surface area contributed by atoms with Crippen LogP contribution in [0.3, 0.4) is 0 Å². The van der Waals surface area contributed by atoms with E-state index in [0.717, 1.165) is 17.3 Å². The summed E-state index contributed by atoms with van der Waals surface area (Å²) < 4.78 is 0. The predicted octanol–water partition coefficient (Wildman–Crippen LogP) is 3.95. The maximum Gasteiger partial charge on any atom is 0.0464 e. The lowest BCUT2D eigenvalue weighted by molar-refractivity contribution is 0.250. The molecule has 1 rings (SSSR count). The van der Waals surface area contributed by atoms with Gasteiger partial charge in [0.2, 0.25) is 0 Å². The van der Waals surface area contributed by atoms with Gasteiger partial charge in [0.05, 0.1) is 0 Å². The molecule has 1 aromatic carbocycles. The Morgan fingerprint density at radius 1 is 1.37 bits per heavy atom. The molecule has 2 nitrogen and oxygen atoms in total. The molecule has 0 aliphatic heterocycles. The standard InChI is InChI=1S/C15H24ClNOS/c1-11(9-18)10-19-14-7-13(16)6-5-12(14)8-17-15(2,3)4/h5-7,11,17-18H,8-10H2,1-4H3. The molecule has 0 aliphatic rings. The molecule has 0 radical (unpaired) electrons. The second-order valence-electron chi connectivity index (χ2n) is 5.95. The summed E-state index contributed by atoms with van der Waals surface area (Å²) in [5.74, 6) is 1.20. The van der Waals surface area contributed by atoms with Crippen molar-refractivity contribution in [3.8, 4) is 0 Å². The molecule has 1 aromatic rings. The van der Waals surface area contributed by atoms with E-state index in [1.54, 1.807) is 11.8 Å². The Balaban J connectivity index is 2.74. The van der Waals surface area contributed by atoms with Crippen LogP contribution in [0.5, 0.6) is 0 Å². The number of aliphatic hydroxyl groups excluding tert-OH is 1. The van der Waals surface area contributed by atoms with Crippen LogP contribution in [-0.4, -0.2) is 23.0 Å². The van der Waals surface area contributed by atoms with Crippen LogP contribution >= 0.6 is 23.4 Å². The smallest absolute Gasteiger partial charge is 0.0464 e. The number of rotatable bonds is 6. The van der Waals surface area contributed by atoms with Gasteiger partial charge >= 0.3 is 0 Å². The van der Waals surface area contributed by atoms with E-state index in [1.165, 1.54) is 10.5 Å². The zero-order valence-corrected chi connectivity index (χ0v) is 13.7. The molecule has 0 saturated heterocycles. The minimum absolute atomic E-state index is 0.0972. The Kier molecular flexibility index (Phi) is 6.67. The van der Waals surface area contributed by atoms with Crippen LogP contribution in [0.4, 0.5) is 0 Å². The fourth-order valence-corrected chi connectivity index (χ4v) is 2.80. The van der Waals surface area contributed by atoms with E-state index in [-0.39, 0.29) is 12.1 Å². The van der Waals surface area contributed by atoms with E-state index >= 15 is 0 Å². The van der Waals surface area contributed by atoms with Crippen molar-refractivity contribution in [2.24, 2.45) is 5.92 Å². The van der Waals surface area contributed by atoms with Crippen molar-refractivity contribution in [1.82, 2.24) is 5.32 Å². The fraction of sp³-hybridized carbons (Fsp3) is 0.600. The fourth-order valence-electron chi connectivity index (χ4n) is 1.45. The van der Waals surface area contributed by atoms with Gasteiger partial charge in [0, 0.05) is 34.4 Å². The number of thioether (sulfide) groups is 1. The predicted molar refractivity (Wildman–Crippen MR) is 85.0 cm³/mol. The van der Waals surface area contributed by atoms with Crippen molar-refractivity contribution in [2.45, 2.75) is 44.7 Å². The highest BCUT2D eigenvalue weighted by Crippen LogP contribution is 2.28. The summed E-state index contributed by atoms with van der Waals surface area (Å²) >= 11 is 7.83. The third kappa shape index (κ3) is 6.66. The van der Waals surface area contributed by atoms with E-state index in [9.17, 15) is 0 Å². The van der Waals surface area contributed by atoms with Crippen molar-refractivity contribution in [1.29, 1.82) is 0 Å². The minimum atomic E-state index is 0.0972. The summed E-state index contributed by atoms with van der Waals surface area (Å²) in [7, 11) is 0. The summed E-state index contributed by atoms with van der Waals surface area (Å²) in [5, 5.41) is 13.4. The lowest BCUT2D eigenvalue weighted by Crippen LogP contribution is -2.35. The van der Waals surface area contributed by atoms with Gasteiger partial charge in [-0.25, -0.2) is 0 Å². The molecule has 0 heterocycles. The van der Waals surface area contributed by atoms with Crippen LogP contribution in [0.2, 0.25) is 5.02 Å². The molecule has 0 amide bonds. The van der Waals surface area contributed by atoms with Gasteiger partial charge < -0.3 is 10.4 Å². The molecule has 0 aromatic heterocycles. The lowest BCUT2D eigenvalue weighted by Gasteiger charge is -2.22. The number of aliphatic hydroxyl groups is 1. The molecule has 1 atom stereocenters. The van der Waals surface area contributed by atoms with Crippen LogP contribution < -0.4 is 5.32 Å². The van der Waals surface area contributed by atoms with E-state index < -0.39 is 0 Å². The van der Waals surface area contributed by atoms with Crippen LogP contribution in [0, 0.1) is 5.92 Å². The Bertz CT molecular complexity index is 404. The number of hydrogen-bond donors (Lipinski definition) is 2. The summed E-state index contributed by atoms with van der Waals surface area (Å²) in [6.07, 6.45) is 0. The molecule has 19 heavy (non-hydrogen) atoms. The Labute approximate surface area is 125 Å². The molecule has 2 N–H and O–H groups in total. The first-order valence-electron chi connectivity index (χ1n) is 6.59. The molecular weight excluding hydrogens is 278 g/mol. The van der Waals surface area contributed by atoms with Crippen LogP contribution in [0.15, 0.2) is 23.1 Å².